The maximum Gasteiger partial charge on any atom is 0.346 e. The lowest BCUT2D eigenvalue weighted by Gasteiger charge is -2.30. The van der Waals surface area contributed by atoms with Crippen molar-refractivity contribution in [2.24, 2.45) is 0 Å². The highest BCUT2D eigenvalue weighted by atomic mass is 19.3. The Labute approximate surface area is 167 Å². The minimum atomic E-state index is -4.47. The molecule has 2 aliphatic heterocycles. The number of imide groups is 1. The number of hydrogen-bond donors (Lipinski definition) is 0. The Morgan fingerprint density at radius 2 is 1.43 bits per heavy atom. The Morgan fingerprint density at radius 1 is 0.933 bits per heavy atom. The van der Waals surface area contributed by atoms with Gasteiger partial charge >= 0.3 is 11.8 Å². The maximum absolute atomic E-state index is 13.6. The van der Waals surface area contributed by atoms with Crippen LogP contribution in [0.2, 0.25) is 0 Å². The molecule has 4 rings (SSSR count). The number of carbonyl (C=O) groups excluding carboxylic acids is 2. The van der Waals surface area contributed by atoms with Crippen molar-refractivity contribution in [3.63, 3.8) is 0 Å². The first-order chi connectivity index (χ1) is 14.1. The summed E-state index contributed by atoms with van der Waals surface area (Å²) in [6, 6.07) is 10.2. The average Bonchev–Trinajstić information content (AvgIpc) is 2.95. The molecular formula is C20H12F4N2O4. The molecule has 0 radical (unpaired) electrons. The van der Waals surface area contributed by atoms with Crippen LogP contribution in [0.15, 0.2) is 36.4 Å². The van der Waals surface area contributed by atoms with Crippen LogP contribution in [0.1, 0.15) is 31.8 Å². The van der Waals surface area contributed by atoms with Crippen molar-refractivity contribution in [3.8, 4) is 17.6 Å². The van der Waals surface area contributed by atoms with Crippen molar-refractivity contribution in [2.45, 2.75) is 18.4 Å². The van der Waals surface area contributed by atoms with E-state index in [4.69, 9.17) is 9.47 Å². The Hall–Kier alpha value is -3.61. The summed E-state index contributed by atoms with van der Waals surface area (Å²) in [7, 11) is 0. The predicted molar refractivity (Wildman–Crippen MR) is 92.7 cm³/mol. The van der Waals surface area contributed by atoms with E-state index >= 15 is 0 Å². The lowest BCUT2D eigenvalue weighted by molar-refractivity contribution is -0.236. The quantitative estimate of drug-likeness (QED) is 0.550. The molecule has 10 heteroatoms. The van der Waals surface area contributed by atoms with Crippen LogP contribution in [0.25, 0.3) is 0 Å². The van der Waals surface area contributed by atoms with Gasteiger partial charge in [-0.3, -0.25) is 14.5 Å². The third kappa shape index (κ3) is 3.03. The molecule has 2 aliphatic rings. The zero-order valence-corrected chi connectivity index (χ0v) is 15.1. The van der Waals surface area contributed by atoms with Crippen LogP contribution in [-0.2, 0) is 6.54 Å². The fraction of sp³-hybridized carbons (Fsp3) is 0.250. The number of alkyl halides is 4. The Kier molecular flexibility index (Phi) is 4.42. The van der Waals surface area contributed by atoms with Crippen LogP contribution in [0, 0.1) is 11.3 Å². The number of fused-ring (bicyclic) bond motifs is 2. The highest BCUT2D eigenvalue weighted by Gasteiger charge is 2.58. The van der Waals surface area contributed by atoms with Crippen LogP contribution < -0.4 is 9.47 Å². The molecule has 0 fully saturated rings. The van der Waals surface area contributed by atoms with E-state index in [2.05, 4.69) is 0 Å². The van der Waals surface area contributed by atoms with Crippen molar-refractivity contribution >= 4 is 11.8 Å². The van der Waals surface area contributed by atoms with Gasteiger partial charge in [0, 0.05) is 6.07 Å². The Bertz CT molecular complexity index is 1080. The molecule has 6 nitrogen and oxygen atoms in total. The van der Waals surface area contributed by atoms with Crippen LogP contribution in [0.3, 0.4) is 0 Å². The topological polar surface area (TPSA) is 79.6 Å². The molecule has 2 aromatic rings. The first-order valence-electron chi connectivity index (χ1n) is 8.68. The second kappa shape index (κ2) is 6.73. The van der Waals surface area contributed by atoms with Gasteiger partial charge in [0.1, 0.15) is 0 Å². The molecule has 2 amide bonds. The van der Waals surface area contributed by atoms with Gasteiger partial charge in [-0.15, -0.1) is 0 Å². The molecular weight excluding hydrogens is 408 g/mol. The molecule has 0 spiro atoms. The van der Waals surface area contributed by atoms with E-state index in [-0.39, 0.29) is 40.3 Å². The summed E-state index contributed by atoms with van der Waals surface area (Å²) >= 11 is 0. The van der Waals surface area contributed by atoms with Gasteiger partial charge in [-0.05, 0) is 23.8 Å². The minimum absolute atomic E-state index is 0.0791. The number of rotatable bonds is 2. The van der Waals surface area contributed by atoms with Gasteiger partial charge in [-0.2, -0.15) is 22.8 Å². The number of ether oxygens (including phenoxy) is 2. The lowest BCUT2D eigenvalue weighted by Crippen LogP contribution is -2.50. The Morgan fingerprint density at radius 3 is 1.93 bits per heavy atom. The average molecular weight is 420 g/mol. The summed E-state index contributed by atoms with van der Waals surface area (Å²) in [5.41, 5.74) is 0.442. The van der Waals surface area contributed by atoms with Crippen LogP contribution >= 0.6 is 0 Å². The summed E-state index contributed by atoms with van der Waals surface area (Å²) < 4.78 is 64.0. The van der Waals surface area contributed by atoms with E-state index in [0.717, 1.165) is 17.0 Å². The van der Waals surface area contributed by atoms with Crippen LogP contribution in [0.4, 0.5) is 17.6 Å². The maximum atomic E-state index is 13.6. The van der Waals surface area contributed by atoms with Gasteiger partial charge in [0.25, 0.3) is 11.8 Å². The molecule has 0 aliphatic carbocycles. The van der Waals surface area contributed by atoms with Crippen molar-refractivity contribution in [1.82, 2.24) is 4.90 Å². The third-order valence-electron chi connectivity index (χ3n) is 4.85. The van der Waals surface area contributed by atoms with Gasteiger partial charge in [0.15, 0.2) is 24.7 Å². The number of nitriles is 1. The van der Waals surface area contributed by atoms with Gasteiger partial charge in [-0.25, -0.2) is 0 Å². The Balaban J connectivity index is 1.68. The molecule has 0 N–H and O–H groups in total. The van der Waals surface area contributed by atoms with Crippen LogP contribution in [0.5, 0.6) is 11.5 Å². The van der Waals surface area contributed by atoms with E-state index < -0.39 is 36.9 Å². The molecule has 0 saturated carbocycles. The van der Waals surface area contributed by atoms with Gasteiger partial charge < -0.3 is 9.47 Å². The first-order valence-corrected chi connectivity index (χ1v) is 8.68. The van der Waals surface area contributed by atoms with Gasteiger partial charge in [-0.1, -0.05) is 12.1 Å². The van der Waals surface area contributed by atoms with Crippen molar-refractivity contribution in [3.05, 3.63) is 58.7 Å². The molecule has 0 saturated heterocycles. The summed E-state index contributed by atoms with van der Waals surface area (Å²) in [5, 5.41) is 9.41. The lowest BCUT2D eigenvalue weighted by atomic mass is 10.1. The molecule has 2 heterocycles. The van der Waals surface area contributed by atoms with E-state index in [9.17, 15) is 32.4 Å². The van der Waals surface area contributed by atoms with E-state index in [1.807, 2.05) is 6.07 Å². The highest BCUT2D eigenvalue weighted by Crippen LogP contribution is 2.41. The monoisotopic (exact) mass is 420 g/mol. The molecule has 0 aromatic heterocycles. The van der Waals surface area contributed by atoms with Crippen molar-refractivity contribution < 1.29 is 36.6 Å². The predicted octanol–water partition coefficient (Wildman–Crippen LogP) is 3.40. The van der Waals surface area contributed by atoms with E-state index in [0.29, 0.717) is 0 Å². The summed E-state index contributed by atoms with van der Waals surface area (Å²) in [4.78, 5) is 26.0. The molecule has 0 bridgehead atoms. The number of benzene rings is 2. The minimum Gasteiger partial charge on any atom is -0.483 e. The molecule has 0 unspecified atom stereocenters. The number of hydrogen-bond acceptors (Lipinski definition) is 5. The number of carbonyl (C=O) groups is 2. The molecule has 2 aromatic carbocycles. The van der Waals surface area contributed by atoms with Gasteiger partial charge in [0.2, 0.25) is 0 Å². The largest absolute Gasteiger partial charge is 0.483 e. The normalized spacial score (nSPS) is 19.0. The standard InChI is InChI=1S/C20H12F4N2O4/c21-19(22)9-29-15-5-11(7-25)12(6-16(15)30-10-20(19,23)24)8-26-17(27)13-3-1-2-4-14(13)18(26)28/h1-6H,8-10H2. The number of amides is 2. The first kappa shape index (κ1) is 19.7. The molecule has 30 heavy (non-hydrogen) atoms. The summed E-state index contributed by atoms with van der Waals surface area (Å²) in [6.45, 7) is -3.54. The van der Waals surface area contributed by atoms with Crippen LogP contribution in [-0.4, -0.2) is 41.8 Å². The summed E-state index contributed by atoms with van der Waals surface area (Å²) in [5.74, 6) is -10.7. The number of halogens is 4. The van der Waals surface area contributed by atoms with E-state index in [1.165, 1.54) is 12.1 Å². The fourth-order valence-electron chi connectivity index (χ4n) is 3.16. The van der Waals surface area contributed by atoms with Crippen molar-refractivity contribution in [1.29, 1.82) is 5.26 Å². The second-order valence-electron chi connectivity index (χ2n) is 6.80. The fourth-order valence-corrected chi connectivity index (χ4v) is 3.16. The van der Waals surface area contributed by atoms with E-state index in [1.54, 1.807) is 12.1 Å². The zero-order chi connectivity index (χ0) is 21.7. The summed E-state index contributed by atoms with van der Waals surface area (Å²) in [6.07, 6.45) is 0. The third-order valence-corrected chi connectivity index (χ3v) is 4.85. The molecule has 154 valence electrons. The number of nitrogens with zero attached hydrogens (tertiary/aromatic N) is 2. The zero-order valence-electron chi connectivity index (χ0n) is 15.1. The molecule has 0 atom stereocenters. The smallest absolute Gasteiger partial charge is 0.346 e. The SMILES string of the molecule is N#Cc1cc2c(cc1CN1C(=O)c3ccccc3C1=O)OCC(F)(F)C(F)(F)CO2. The van der Waals surface area contributed by atoms with Crippen molar-refractivity contribution in [2.75, 3.05) is 13.2 Å². The van der Waals surface area contributed by atoms with Gasteiger partial charge in [0.05, 0.1) is 29.3 Å². The highest BCUT2D eigenvalue weighted by molar-refractivity contribution is 6.21. The second-order valence-corrected chi connectivity index (χ2v) is 6.80.